The molecule has 2 N–H and O–H groups in total. The van der Waals surface area contributed by atoms with E-state index in [2.05, 4.69) is 11.1 Å². The largest absolute Gasteiger partial charge is 0.320 e. The van der Waals surface area contributed by atoms with Crippen molar-refractivity contribution in [3.8, 4) is 0 Å². The summed E-state index contributed by atoms with van der Waals surface area (Å²) < 4.78 is 13.1. The van der Waals surface area contributed by atoms with E-state index >= 15 is 0 Å². The minimum Gasteiger partial charge on any atom is -0.320 e. The molecule has 17 heavy (non-hydrogen) atoms. The van der Waals surface area contributed by atoms with Crippen LogP contribution in [0.25, 0.3) is 0 Å². The summed E-state index contributed by atoms with van der Waals surface area (Å²) in [6.45, 7) is 0. The first kappa shape index (κ1) is 12.2. The predicted octanol–water partition coefficient (Wildman–Crippen LogP) is 3.50. The van der Waals surface area contributed by atoms with Crippen molar-refractivity contribution in [2.75, 3.05) is 0 Å². The number of nitrogens with zero attached hydrogens (tertiary/aromatic N) is 1. The third kappa shape index (κ3) is 3.37. The lowest BCUT2D eigenvalue weighted by Gasteiger charge is -2.18. The molecule has 0 bridgehead atoms. The van der Waals surface area contributed by atoms with E-state index in [1.165, 1.54) is 43.5 Å². The van der Waals surface area contributed by atoms with Crippen LogP contribution < -0.4 is 5.73 Å². The molecule has 3 heteroatoms. The first-order valence-electron chi connectivity index (χ1n) is 6.32. The fourth-order valence-electron chi connectivity index (χ4n) is 2.31. The smallest absolute Gasteiger partial charge is 0.141 e. The molecule has 1 aliphatic carbocycles. The van der Waals surface area contributed by atoms with Crippen molar-refractivity contribution in [2.45, 2.75) is 44.6 Å². The first-order valence-corrected chi connectivity index (χ1v) is 6.32. The van der Waals surface area contributed by atoms with Gasteiger partial charge in [0.2, 0.25) is 0 Å². The van der Waals surface area contributed by atoms with Crippen molar-refractivity contribution in [1.82, 2.24) is 4.98 Å². The van der Waals surface area contributed by atoms with Crippen molar-refractivity contribution in [3.05, 3.63) is 41.5 Å². The normalized spacial score (nSPS) is 22.1. The van der Waals surface area contributed by atoms with Gasteiger partial charge in [-0.3, -0.25) is 4.98 Å². The van der Waals surface area contributed by atoms with Gasteiger partial charge in [0.25, 0.3) is 0 Å². The van der Waals surface area contributed by atoms with Crippen LogP contribution in [0.1, 0.15) is 50.1 Å². The minimum absolute atomic E-state index is 0.198. The molecule has 1 aromatic rings. The highest BCUT2D eigenvalue weighted by atomic mass is 19.1. The Labute approximate surface area is 102 Å². The van der Waals surface area contributed by atoms with Crippen LogP contribution in [0.2, 0.25) is 0 Å². The summed E-state index contributed by atoms with van der Waals surface area (Å²) >= 11 is 0. The van der Waals surface area contributed by atoms with Gasteiger partial charge in [0.05, 0.1) is 12.2 Å². The summed E-state index contributed by atoms with van der Waals surface area (Å²) in [6.07, 6.45) is 12.2. The van der Waals surface area contributed by atoms with Crippen LogP contribution in [0.15, 0.2) is 30.1 Å². The zero-order chi connectivity index (χ0) is 12.1. The molecule has 0 aromatic carbocycles. The zero-order valence-corrected chi connectivity index (χ0v) is 10.0. The maximum Gasteiger partial charge on any atom is 0.141 e. The molecular weight excluding hydrogens is 215 g/mol. The molecule has 0 aliphatic heterocycles. The number of pyridine rings is 1. The summed E-state index contributed by atoms with van der Waals surface area (Å²) in [5, 5.41) is 0. The Morgan fingerprint density at radius 2 is 2.00 bits per heavy atom. The maximum absolute atomic E-state index is 13.1. The molecule has 1 heterocycles. The highest BCUT2D eigenvalue weighted by Gasteiger charge is 2.13. The summed E-state index contributed by atoms with van der Waals surface area (Å²) in [6, 6.07) is 1.29. The highest BCUT2D eigenvalue weighted by molar-refractivity contribution is 5.25. The van der Waals surface area contributed by atoms with Crippen molar-refractivity contribution < 1.29 is 4.39 Å². The van der Waals surface area contributed by atoms with Crippen molar-refractivity contribution >= 4 is 0 Å². The Morgan fingerprint density at radius 3 is 2.82 bits per heavy atom. The van der Waals surface area contributed by atoms with Crippen LogP contribution in [0.3, 0.4) is 0 Å². The van der Waals surface area contributed by atoms with Gasteiger partial charge in [-0.05, 0) is 37.3 Å². The fourth-order valence-corrected chi connectivity index (χ4v) is 2.31. The van der Waals surface area contributed by atoms with E-state index in [1.54, 1.807) is 6.20 Å². The second kappa shape index (κ2) is 5.92. The topological polar surface area (TPSA) is 38.9 Å². The summed E-state index contributed by atoms with van der Waals surface area (Å²) in [7, 11) is 0. The van der Waals surface area contributed by atoms with Gasteiger partial charge < -0.3 is 5.73 Å². The molecule has 1 unspecified atom stereocenters. The van der Waals surface area contributed by atoms with Crippen LogP contribution in [0.4, 0.5) is 4.39 Å². The molecule has 0 fully saturated rings. The lowest BCUT2D eigenvalue weighted by atomic mass is 9.92. The Hall–Kier alpha value is -1.22. The standard InChI is InChI=1S/C14H19FN2/c15-13-8-12(9-17-10-13)14(16)11-6-4-2-1-3-5-7-11/h6,8-10,14H,1-5,7,16H2/b11-6+. The van der Waals surface area contributed by atoms with Crippen molar-refractivity contribution in [3.63, 3.8) is 0 Å². The number of hydrogen-bond acceptors (Lipinski definition) is 2. The minimum atomic E-state index is -0.315. The highest BCUT2D eigenvalue weighted by Crippen LogP contribution is 2.26. The van der Waals surface area contributed by atoms with E-state index in [0.717, 1.165) is 18.4 Å². The lowest BCUT2D eigenvalue weighted by molar-refractivity contribution is 0.595. The van der Waals surface area contributed by atoms with Gasteiger partial charge in [-0.15, -0.1) is 0 Å². The maximum atomic E-state index is 13.1. The Balaban J connectivity index is 2.14. The molecule has 1 aromatic heterocycles. The number of allylic oxidation sites excluding steroid dienone is 1. The molecule has 1 atom stereocenters. The zero-order valence-electron chi connectivity index (χ0n) is 10.0. The average molecular weight is 234 g/mol. The molecule has 0 saturated heterocycles. The number of aromatic nitrogens is 1. The van der Waals surface area contributed by atoms with E-state index < -0.39 is 0 Å². The molecule has 0 spiro atoms. The van der Waals surface area contributed by atoms with Gasteiger partial charge in [0, 0.05) is 6.20 Å². The number of nitrogens with two attached hydrogens (primary N) is 1. The first-order chi connectivity index (χ1) is 8.27. The lowest BCUT2D eigenvalue weighted by Crippen LogP contribution is -2.14. The molecule has 0 radical (unpaired) electrons. The van der Waals surface area contributed by atoms with Gasteiger partial charge in [-0.2, -0.15) is 0 Å². The molecule has 0 amide bonds. The third-order valence-corrected chi connectivity index (χ3v) is 3.31. The fraction of sp³-hybridized carbons (Fsp3) is 0.500. The van der Waals surface area contributed by atoms with Crippen LogP contribution in [0.5, 0.6) is 0 Å². The summed E-state index contributed by atoms with van der Waals surface area (Å²) in [4.78, 5) is 3.86. The van der Waals surface area contributed by atoms with E-state index in [-0.39, 0.29) is 11.9 Å². The van der Waals surface area contributed by atoms with E-state index in [0.29, 0.717) is 0 Å². The van der Waals surface area contributed by atoms with Gasteiger partial charge >= 0.3 is 0 Å². The predicted molar refractivity (Wildman–Crippen MR) is 66.9 cm³/mol. The second-order valence-electron chi connectivity index (χ2n) is 4.65. The Bertz CT molecular complexity index is 401. The molecule has 2 nitrogen and oxygen atoms in total. The molecule has 1 aliphatic rings. The number of rotatable bonds is 2. The summed E-state index contributed by atoms with van der Waals surface area (Å²) in [5.74, 6) is -0.315. The van der Waals surface area contributed by atoms with Crippen LogP contribution in [-0.2, 0) is 0 Å². The Kier molecular flexibility index (Phi) is 4.26. The quantitative estimate of drug-likeness (QED) is 0.795. The molecular formula is C14H19FN2. The van der Waals surface area contributed by atoms with Crippen LogP contribution in [0, 0.1) is 5.82 Å². The van der Waals surface area contributed by atoms with Crippen molar-refractivity contribution in [1.29, 1.82) is 0 Å². The van der Waals surface area contributed by atoms with Crippen LogP contribution in [-0.4, -0.2) is 4.98 Å². The summed E-state index contributed by atoms with van der Waals surface area (Å²) in [5.41, 5.74) is 8.19. The Morgan fingerprint density at radius 1 is 1.18 bits per heavy atom. The molecule has 2 rings (SSSR count). The average Bonchev–Trinajstić information content (AvgIpc) is 2.28. The van der Waals surface area contributed by atoms with Crippen molar-refractivity contribution in [2.24, 2.45) is 5.73 Å². The monoisotopic (exact) mass is 234 g/mol. The van der Waals surface area contributed by atoms with Gasteiger partial charge in [0.15, 0.2) is 0 Å². The third-order valence-electron chi connectivity index (χ3n) is 3.31. The molecule has 0 saturated carbocycles. The van der Waals surface area contributed by atoms with Crippen LogP contribution >= 0.6 is 0 Å². The van der Waals surface area contributed by atoms with Gasteiger partial charge in [-0.1, -0.05) is 24.5 Å². The van der Waals surface area contributed by atoms with E-state index in [1.807, 2.05) is 0 Å². The van der Waals surface area contributed by atoms with Gasteiger partial charge in [-0.25, -0.2) is 4.39 Å². The SMILES string of the molecule is NC(/C1=C/CCCCCC1)c1cncc(F)c1. The number of hydrogen-bond donors (Lipinski definition) is 1. The van der Waals surface area contributed by atoms with E-state index in [9.17, 15) is 4.39 Å². The van der Waals surface area contributed by atoms with Gasteiger partial charge in [0.1, 0.15) is 5.82 Å². The number of halogens is 1. The molecule has 92 valence electrons. The van der Waals surface area contributed by atoms with E-state index in [4.69, 9.17) is 5.73 Å². The second-order valence-corrected chi connectivity index (χ2v) is 4.65.